The smallest absolute Gasteiger partial charge is 0.231 e. The van der Waals surface area contributed by atoms with E-state index in [-0.39, 0.29) is 0 Å². The summed E-state index contributed by atoms with van der Waals surface area (Å²) in [4.78, 5) is 0. The van der Waals surface area contributed by atoms with Crippen LogP contribution in [0.5, 0.6) is 11.5 Å². The Kier molecular flexibility index (Phi) is 3.13. The van der Waals surface area contributed by atoms with E-state index in [0.717, 1.165) is 35.8 Å². The van der Waals surface area contributed by atoms with Gasteiger partial charge in [0.25, 0.3) is 0 Å². The SMILES string of the molecule is Cc1nn(C)cc1CNCc1cccc2c1OCO2. The van der Waals surface area contributed by atoms with E-state index in [1.807, 2.05) is 37.0 Å². The van der Waals surface area contributed by atoms with Crippen molar-refractivity contribution in [3.63, 3.8) is 0 Å². The second kappa shape index (κ2) is 4.93. The molecule has 1 aliphatic heterocycles. The molecule has 0 spiro atoms. The lowest BCUT2D eigenvalue weighted by atomic mass is 10.2. The Morgan fingerprint density at radius 1 is 1.26 bits per heavy atom. The molecule has 1 aromatic heterocycles. The Morgan fingerprint density at radius 3 is 2.89 bits per heavy atom. The van der Waals surface area contributed by atoms with Crippen LogP contribution in [0.25, 0.3) is 0 Å². The van der Waals surface area contributed by atoms with Crippen LogP contribution in [-0.2, 0) is 20.1 Å². The van der Waals surface area contributed by atoms with Crippen LogP contribution in [0.3, 0.4) is 0 Å². The van der Waals surface area contributed by atoms with Gasteiger partial charge >= 0.3 is 0 Å². The Bertz CT molecular complexity index is 592. The zero-order chi connectivity index (χ0) is 13.2. The highest BCUT2D eigenvalue weighted by atomic mass is 16.7. The molecular formula is C14H17N3O2. The molecule has 0 aliphatic carbocycles. The standard InChI is InChI=1S/C14H17N3O2/c1-10-12(8-17(2)16-10)7-15-6-11-4-3-5-13-14(11)19-9-18-13/h3-5,8,15H,6-7,9H2,1-2H3. The number of aromatic nitrogens is 2. The van der Waals surface area contributed by atoms with Gasteiger partial charge in [0.1, 0.15) is 0 Å². The van der Waals surface area contributed by atoms with Crippen molar-refractivity contribution in [2.45, 2.75) is 20.0 Å². The molecule has 19 heavy (non-hydrogen) atoms. The molecule has 2 heterocycles. The van der Waals surface area contributed by atoms with Crippen molar-refractivity contribution in [1.82, 2.24) is 15.1 Å². The van der Waals surface area contributed by atoms with Gasteiger partial charge in [0.2, 0.25) is 6.79 Å². The number of hydrogen-bond donors (Lipinski definition) is 1. The number of benzene rings is 1. The number of ether oxygens (including phenoxy) is 2. The van der Waals surface area contributed by atoms with Crippen LogP contribution in [0.1, 0.15) is 16.8 Å². The van der Waals surface area contributed by atoms with Crippen molar-refractivity contribution in [3.8, 4) is 11.5 Å². The minimum absolute atomic E-state index is 0.314. The van der Waals surface area contributed by atoms with Crippen molar-refractivity contribution < 1.29 is 9.47 Å². The lowest BCUT2D eigenvalue weighted by Gasteiger charge is -2.07. The molecule has 0 bridgehead atoms. The number of rotatable bonds is 4. The summed E-state index contributed by atoms with van der Waals surface area (Å²) in [7, 11) is 1.94. The molecule has 0 saturated carbocycles. The maximum atomic E-state index is 5.48. The predicted molar refractivity (Wildman–Crippen MR) is 71.1 cm³/mol. The third-order valence-corrected chi connectivity index (χ3v) is 3.22. The van der Waals surface area contributed by atoms with Crippen LogP contribution in [0.2, 0.25) is 0 Å². The van der Waals surface area contributed by atoms with Gasteiger partial charge in [0.05, 0.1) is 5.69 Å². The molecule has 1 N–H and O–H groups in total. The summed E-state index contributed by atoms with van der Waals surface area (Å²) in [6.45, 7) is 3.88. The van der Waals surface area contributed by atoms with Crippen molar-refractivity contribution >= 4 is 0 Å². The summed E-state index contributed by atoms with van der Waals surface area (Å²) < 4.78 is 12.7. The summed E-state index contributed by atoms with van der Waals surface area (Å²) in [5.74, 6) is 1.69. The number of nitrogens with zero attached hydrogens (tertiary/aromatic N) is 2. The summed E-state index contributed by atoms with van der Waals surface area (Å²) in [6.07, 6.45) is 2.04. The molecule has 1 aromatic carbocycles. The third kappa shape index (κ3) is 2.42. The zero-order valence-electron chi connectivity index (χ0n) is 11.1. The van der Waals surface area contributed by atoms with E-state index in [4.69, 9.17) is 9.47 Å². The average molecular weight is 259 g/mol. The molecule has 5 nitrogen and oxygen atoms in total. The van der Waals surface area contributed by atoms with Crippen molar-refractivity contribution in [2.75, 3.05) is 6.79 Å². The largest absolute Gasteiger partial charge is 0.454 e. The second-order valence-electron chi connectivity index (χ2n) is 4.67. The Morgan fingerprint density at radius 2 is 2.11 bits per heavy atom. The zero-order valence-corrected chi connectivity index (χ0v) is 11.1. The van der Waals surface area contributed by atoms with Crippen molar-refractivity contribution in [3.05, 3.63) is 41.2 Å². The summed E-state index contributed by atoms with van der Waals surface area (Å²) >= 11 is 0. The molecular weight excluding hydrogens is 242 g/mol. The van der Waals surface area contributed by atoms with Gasteiger partial charge in [-0.3, -0.25) is 4.68 Å². The van der Waals surface area contributed by atoms with E-state index < -0.39 is 0 Å². The number of hydrogen-bond acceptors (Lipinski definition) is 4. The van der Waals surface area contributed by atoms with Gasteiger partial charge < -0.3 is 14.8 Å². The molecule has 5 heteroatoms. The molecule has 1 aliphatic rings. The van der Waals surface area contributed by atoms with Gasteiger partial charge in [-0.1, -0.05) is 12.1 Å². The highest BCUT2D eigenvalue weighted by Gasteiger charge is 2.16. The van der Waals surface area contributed by atoms with Crippen LogP contribution < -0.4 is 14.8 Å². The number of aryl methyl sites for hydroxylation is 2. The number of nitrogens with one attached hydrogen (secondary N) is 1. The van der Waals surface area contributed by atoms with E-state index in [9.17, 15) is 0 Å². The van der Waals surface area contributed by atoms with Crippen molar-refractivity contribution in [2.24, 2.45) is 7.05 Å². The lowest BCUT2D eigenvalue weighted by molar-refractivity contribution is 0.173. The molecule has 0 atom stereocenters. The first-order chi connectivity index (χ1) is 9.24. The third-order valence-electron chi connectivity index (χ3n) is 3.22. The Labute approximate surface area is 112 Å². The first-order valence-electron chi connectivity index (χ1n) is 6.31. The molecule has 0 radical (unpaired) electrons. The maximum Gasteiger partial charge on any atom is 0.231 e. The monoisotopic (exact) mass is 259 g/mol. The first-order valence-corrected chi connectivity index (χ1v) is 6.31. The Balaban J connectivity index is 1.64. The van der Waals surface area contributed by atoms with E-state index in [1.54, 1.807) is 0 Å². The first kappa shape index (κ1) is 12.0. The number of para-hydroxylation sites is 1. The topological polar surface area (TPSA) is 48.3 Å². The molecule has 0 fully saturated rings. The van der Waals surface area contributed by atoms with Crippen LogP contribution >= 0.6 is 0 Å². The minimum atomic E-state index is 0.314. The van der Waals surface area contributed by atoms with Crippen LogP contribution in [-0.4, -0.2) is 16.6 Å². The van der Waals surface area contributed by atoms with Gasteiger partial charge in [0.15, 0.2) is 11.5 Å². The minimum Gasteiger partial charge on any atom is -0.454 e. The fourth-order valence-electron chi connectivity index (χ4n) is 2.28. The fraction of sp³-hybridized carbons (Fsp3) is 0.357. The lowest BCUT2D eigenvalue weighted by Crippen LogP contribution is -2.13. The van der Waals surface area contributed by atoms with Gasteiger partial charge in [-0.05, 0) is 13.0 Å². The highest BCUT2D eigenvalue weighted by Crippen LogP contribution is 2.35. The van der Waals surface area contributed by atoms with Crippen LogP contribution in [0, 0.1) is 6.92 Å². The summed E-state index contributed by atoms with van der Waals surface area (Å²) in [5.41, 5.74) is 3.40. The molecule has 0 unspecified atom stereocenters. The van der Waals surface area contributed by atoms with E-state index in [0.29, 0.717) is 6.79 Å². The summed E-state index contributed by atoms with van der Waals surface area (Å²) in [5, 5.41) is 7.74. The van der Waals surface area contributed by atoms with Gasteiger partial charge in [-0.25, -0.2) is 0 Å². The van der Waals surface area contributed by atoms with Crippen LogP contribution in [0.15, 0.2) is 24.4 Å². The van der Waals surface area contributed by atoms with Crippen LogP contribution in [0.4, 0.5) is 0 Å². The maximum absolute atomic E-state index is 5.48. The van der Waals surface area contributed by atoms with Crippen molar-refractivity contribution in [1.29, 1.82) is 0 Å². The van der Waals surface area contributed by atoms with E-state index in [1.165, 1.54) is 5.56 Å². The molecule has 0 saturated heterocycles. The average Bonchev–Trinajstić information content (AvgIpc) is 2.97. The molecule has 2 aromatic rings. The second-order valence-corrected chi connectivity index (χ2v) is 4.67. The number of fused-ring (bicyclic) bond motifs is 1. The van der Waals surface area contributed by atoms with E-state index >= 15 is 0 Å². The van der Waals surface area contributed by atoms with Gasteiger partial charge in [-0.15, -0.1) is 0 Å². The predicted octanol–water partition coefficient (Wildman–Crippen LogP) is 1.75. The normalized spacial score (nSPS) is 12.9. The fourth-order valence-corrected chi connectivity index (χ4v) is 2.28. The van der Waals surface area contributed by atoms with Gasteiger partial charge in [-0.2, -0.15) is 5.10 Å². The van der Waals surface area contributed by atoms with Gasteiger partial charge in [0, 0.05) is 37.5 Å². The highest BCUT2D eigenvalue weighted by molar-refractivity contribution is 5.48. The quantitative estimate of drug-likeness (QED) is 0.908. The molecule has 0 amide bonds. The van der Waals surface area contributed by atoms with E-state index in [2.05, 4.69) is 16.5 Å². The summed E-state index contributed by atoms with van der Waals surface area (Å²) in [6, 6.07) is 5.97. The Hall–Kier alpha value is -2.01. The molecule has 3 rings (SSSR count). The molecule has 100 valence electrons.